The summed E-state index contributed by atoms with van der Waals surface area (Å²) in [6.45, 7) is 2.20. The van der Waals surface area contributed by atoms with Crippen molar-refractivity contribution in [3.05, 3.63) is 29.5 Å². The Morgan fingerprint density at radius 3 is 2.50 bits per heavy atom. The molecule has 1 aromatic carbocycles. The smallest absolute Gasteiger partial charge is 0.220 e. The van der Waals surface area contributed by atoms with Gasteiger partial charge in [-0.3, -0.25) is 9.48 Å². The Morgan fingerprint density at radius 1 is 1.12 bits per heavy atom. The number of fused-ring (bicyclic) bond motifs is 1. The number of carbonyl (C=O) groups excluding carboxylic acids is 1. The van der Waals surface area contributed by atoms with Crippen LogP contribution in [0.5, 0.6) is 0 Å². The molecule has 1 heterocycles. The second kappa shape index (κ2) is 7.42. The molecule has 0 atom stereocenters. The van der Waals surface area contributed by atoms with E-state index in [-0.39, 0.29) is 11.8 Å². The summed E-state index contributed by atoms with van der Waals surface area (Å²) < 4.78 is 2.34. The molecule has 1 amide bonds. The zero-order valence-corrected chi connectivity index (χ0v) is 15.9. The number of nitrogens with zero attached hydrogens (tertiary/aromatic N) is 2. The molecule has 0 radical (unpaired) electrons. The predicted molar refractivity (Wildman–Crippen MR) is 105 cm³/mol. The lowest BCUT2D eigenvalue weighted by Crippen LogP contribution is -2.27. The van der Waals surface area contributed by atoms with Crippen LogP contribution in [0.3, 0.4) is 0 Å². The number of rotatable bonds is 4. The Labute approximate surface area is 156 Å². The van der Waals surface area contributed by atoms with E-state index in [0.717, 1.165) is 32.1 Å². The van der Waals surface area contributed by atoms with Crippen LogP contribution in [0.25, 0.3) is 10.9 Å². The van der Waals surface area contributed by atoms with Crippen molar-refractivity contribution in [2.75, 3.05) is 0 Å². The highest BCUT2D eigenvalue weighted by Gasteiger charge is 2.26. The van der Waals surface area contributed by atoms with Gasteiger partial charge >= 0.3 is 0 Å². The van der Waals surface area contributed by atoms with Gasteiger partial charge in [0.15, 0.2) is 0 Å². The van der Waals surface area contributed by atoms with Crippen LogP contribution in [0.2, 0.25) is 0 Å². The minimum atomic E-state index is -0.123. The minimum Gasteiger partial charge on any atom is -0.369 e. The second-order valence-electron chi connectivity index (χ2n) is 8.26. The quantitative estimate of drug-likeness (QED) is 0.853. The van der Waals surface area contributed by atoms with Gasteiger partial charge in [0.1, 0.15) is 0 Å². The molecule has 2 fully saturated rings. The van der Waals surface area contributed by atoms with Gasteiger partial charge in [0.05, 0.1) is 17.3 Å². The molecule has 2 aliphatic carbocycles. The molecule has 0 unspecified atom stereocenters. The van der Waals surface area contributed by atoms with Crippen LogP contribution >= 0.6 is 0 Å². The maximum Gasteiger partial charge on any atom is 0.220 e. The molecule has 2 saturated carbocycles. The summed E-state index contributed by atoms with van der Waals surface area (Å²) in [5.41, 5.74) is 9.47. The molecule has 2 N–H and O–H groups in total. The lowest BCUT2D eigenvalue weighted by Gasteiger charge is -2.27. The third-order valence-electron chi connectivity index (χ3n) is 6.66. The first-order chi connectivity index (χ1) is 12.7. The predicted octanol–water partition coefficient (Wildman–Crippen LogP) is 4.86. The number of hydrogen-bond donors (Lipinski definition) is 1. The average molecular weight is 354 g/mol. The maximum atomic E-state index is 11.4. The first-order valence-corrected chi connectivity index (χ1v) is 10.5. The van der Waals surface area contributed by atoms with E-state index < -0.39 is 0 Å². The molecule has 1 aromatic heterocycles. The molecule has 0 aliphatic heterocycles. The summed E-state index contributed by atoms with van der Waals surface area (Å²) >= 11 is 0. The number of hydrogen-bond acceptors (Lipinski definition) is 2. The van der Waals surface area contributed by atoms with Crippen LogP contribution in [-0.4, -0.2) is 15.7 Å². The van der Waals surface area contributed by atoms with Crippen molar-refractivity contribution < 1.29 is 4.79 Å². The summed E-state index contributed by atoms with van der Waals surface area (Å²) in [4.78, 5) is 11.4. The fourth-order valence-corrected chi connectivity index (χ4v) is 5.05. The van der Waals surface area contributed by atoms with E-state index >= 15 is 0 Å². The Bertz CT molecular complexity index is 780. The fourth-order valence-electron chi connectivity index (χ4n) is 5.05. The topological polar surface area (TPSA) is 60.9 Å². The summed E-state index contributed by atoms with van der Waals surface area (Å²) in [6.07, 6.45) is 11.5. The van der Waals surface area contributed by atoms with Gasteiger partial charge in [0, 0.05) is 11.3 Å². The van der Waals surface area contributed by atoms with Crippen molar-refractivity contribution in [3.63, 3.8) is 0 Å². The van der Waals surface area contributed by atoms with Crippen LogP contribution < -0.4 is 5.73 Å². The SMILES string of the molecule is CCc1nn(C2CCCCC2)c2cc(C3CCC(C(N)=O)CC3)ccc12. The normalized spacial score (nSPS) is 24.8. The number of benzene rings is 1. The van der Waals surface area contributed by atoms with Crippen LogP contribution in [0.4, 0.5) is 0 Å². The molecule has 0 saturated heterocycles. The summed E-state index contributed by atoms with van der Waals surface area (Å²) in [5, 5.41) is 6.33. The molecule has 2 aliphatic rings. The number of nitrogens with two attached hydrogens (primary N) is 1. The van der Waals surface area contributed by atoms with Crippen LogP contribution in [0.15, 0.2) is 18.2 Å². The Morgan fingerprint density at radius 2 is 1.85 bits per heavy atom. The van der Waals surface area contributed by atoms with E-state index in [0.29, 0.717) is 12.0 Å². The molecule has 2 aromatic rings. The monoisotopic (exact) mass is 353 g/mol. The van der Waals surface area contributed by atoms with E-state index in [2.05, 4.69) is 29.8 Å². The van der Waals surface area contributed by atoms with E-state index in [4.69, 9.17) is 10.8 Å². The van der Waals surface area contributed by atoms with Crippen molar-refractivity contribution in [2.24, 2.45) is 11.7 Å². The largest absolute Gasteiger partial charge is 0.369 e. The standard InChI is InChI=1S/C22H31N3O/c1-2-20-19-13-12-17(15-8-10-16(11-9-15)22(23)26)14-21(19)25(24-20)18-6-4-3-5-7-18/h12-16,18H,2-11H2,1H3,(H2,23,26). The Hall–Kier alpha value is -1.84. The summed E-state index contributed by atoms with van der Waals surface area (Å²) in [6, 6.07) is 7.54. The third-order valence-corrected chi connectivity index (χ3v) is 6.66. The van der Waals surface area contributed by atoms with Crippen LogP contribution in [0, 0.1) is 5.92 Å². The highest BCUT2D eigenvalue weighted by atomic mass is 16.1. The lowest BCUT2D eigenvalue weighted by molar-refractivity contribution is -0.122. The van der Waals surface area contributed by atoms with E-state index in [1.807, 2.05) is 0 Å². The number of carbonyl (C=O) groups is 1. The lowest BCUT2D eigenvalue weighted by atomic mass is 9.78. The zero-order chi connectivity index (χ0) is 18.1. The van der Waals surface area contributed by atoms with Crippen molar-refractivity contribution >= 4 is 16.8 Å². The van der Waals surface area contributed by atoms with Gasteiger partial charge in [0.25, 0.3) is 0 Å². The molecule has 0 bridgehead atoms. The number of aromatic nitrogens is 2. The van der Waals surface area contributed by atoms with E-state index in [1.54, 1.807) is 0 Å². The van der Waals surface area contributed by atoms with Crippen molar-refractivity contribution in [1.29, 1.82) is 0 Å². The van der Waals surface area contributed by atoms with Crippen molar-refractivity contribution in [1.82, 2.24) is 9.78 Å². The van der Waals surface area contributed by atoms with Gasteiger partial charge in [-0.1, -0.05) is 38.3 Å². The van der Waals surface area contributed by atoms with Crippen LogP contribution in [0.1, 0.15) is 87.9 Å². The van der Waals surface area contributed by atoms with Gasteiger partial charge in [0.2, 0.25) is 5.91 Å². The zero-order valence-electron chi connectivity index (χ0n) is 15.9. The molecule has 0 spiro atoms. The van der Waals surface area contributed by atoms with Gasteiger partial charge in [-0.05, 0) is 62.5 Å². The molecule has 140 valence electrons. The highest BCUT2D eigenvalue weighted by molar-refractivity contribution is 5.83. The number of amides is 1. The highest BCUT2D eigenvalue weighted by Crippen LogP contribution is 2.38. The molecular weight excluding hydrogens is 322 g/mol. The molecular formula is C22H31N3O. The Kier molecular flexibility index (Phi) is 5.01. The number of primary amides is 1. The fraction of sp³-hybridized carbons (Fsp3) is 0.636. The van der Waals surface area contributed by atoms with E-state index in [1.165, 1.54) is 54.3 Å². The van der Waals surface area contributed by atoms with Gasteiger partial charge in [-0.25, -0.2) is 0 Å². The van der Waals surface area contributed by atoms with E-state index in [9.17, 15) is 4.79 Å². The van der Waals surface area contributed by atoms with Gasteiger partial charge < -0.3 is 5.73 Å². The maximum absolute atomic E-state index is 11.4. The second-order valence-corrected chi connectivity index (χ2v) is 8.26. The average Bonchev–Trinajstić information content (AvgIpc) is 3.06. The molecule has 4 nitrogen and oxygen atoms in total. The number of aryl methyl sites for hydroxylation is 1. The molecule has 26 heavy (non-hydrogen) atoms. The van der Waals surface area contributed by atoms with Crippen LogP contribution in [-0.2, 0) is 11.2 Å². The first kappa shape index (κ1) is 17.6. The summed E-state index contributed by atoms with van der Waals surface area (Å²) in [7, 11) is 0. The third kappa shape index (κ3) is 3.26. The molecule has 4 rings (SSSR count). The first-order valence-electron chi connectivity index (χ1n) is 10.5. The van der Waals surface area contributed by atoms with Crippen molar-refractivity contribution in [3.8, 4) is 0 Å². The van der Waals surface area contributed by atoms with Gasteiger partial charge in [-0.2, -0.15) is 5.10 Å². The van der Waals surface area contributed by atoms with Gasteiger partial charge in [-0.15, -0.1) is 0 Å². The summed E-state index contributed by atoms with van der Waals surface area (Å²) in [5.74, 6) is 0.506. The Balaban J connectivity index is 1.64. The molecule has 4 heteroatoms. The minimum absolute atomic E-state index is 0.0782. The van der Waals surface area contributed by atoms with Crippen molar-refractivity contribution in [2.45, 2.75) is 83.1 Å².